The number of aromatic nitrogens is 3. The van der Waals surface area contributed by atoms with Gasteiger partial charge in [-0.25, -0.2) is 14.8 Å². The van der Waals surface area contributed by atoms with Gasteiger partial charge >= 0.3 is 5.97 Å². The molecule has 0 radical (unpaired) electrons. The SMILES string of the molecule is CCc1nc2c(nc1-c1ccc(Cl)cc1)c(OC(C)C)c(C(=O)O)n2C. The lowest BCUT2D eigenvalue weighted by molar-refractivity contribution is 0.0680. The monoisotopic (exact) mass is 373 g/mol. The second kappa shape index (κ2) is 6.96. The zero-order chi connectivity index (χ0) is 19.0. The van der Waals surface area contributed by atoms with Crippen molar-refractivity contribution < 1.29 is 14.6 Å². The predicted octanol–water partition coefficient (Wildman–Crippen LogP) is 4.34. The Hall–Kier alpha value is -2.60. The van der Waals surface area contributed by atoms with Gasteiger partial charge in [-0.15, -0.1) is 0 Å². The summed E-state index contributed by atoms with van der Waals surface area (Å²) >= 11 is 5.98. The number of hydrogen-bond acceptors (Lipinski definition) is 4. The van der Waals surface area contributed by atoms with Crippen LogP contribution in [0.25, 0.3) is 22.4 Å². The molecule has 136 valence electrons. The summed E-state index contributed by atoms with van der Waals surface area (Å²) in [6.45, 7) is 5.68. The number of carbonyl (C=O) groups is 1. The van der Waals surface area contributed by atoms with Gasteiger partial charge in [-0.2, -0.15) is 0 Å². The van der Waals surface area contributed by atoms with E-state index in [0.29, 0.717) is 28.3 Å². The van der Waals surface area contributed by atoms with E-state index in [9.17, 15) is 9.90 Å². The first-order valence-electron chi connectivity index (χ1n) is 8.38. The van der Waals surface area contributed by atoms with E-state index in [2.05, 4.69) is 4.98 Å². The van der Waals surface area contributed by atoms with Gasteiger partial charge in [0.2, 0.25) is 0 Å². The van der Waals surface area contributed by atoms with Crippen LogP contribution >= 0.6 is 11.6 Å². The maximum atomic E-state index is 11.8. The van der Waals surface area contributed by atoms with Crippen LogP contribution in [0.3, 0.4) is 0 Å². The van der Waals surface area contributed by atoms with Gasteiger partial charge in [0.25, 0.3) is 0 Å². The lowest BCUT2D eigenvalue weighted by Crippen LogP contribution is -2.11. The molecule has 3 rings (SSSR count). The van der Waals surface area contributed by atoms with Crippen LogP contribution in [0.1, 0.15) is 37.0 Å². The molecule has 1 aromatic carbocycles. The normalized spacial score (nSPS) is 11.3. The molecule has 2 heterocycles. The minimum Gasteiger partial charge on any atom is -0.486 e. The second-order valence-corrected chi connectivity index (χ2v) is 6.70. The molecule has 0 saturated carbocycles. The van der Waals surface area contributed by atoms with Gasteiger partial charge in [-0.05, 0) is 32.4 Å². The van der Waals surface area contributed by atoms with Crippen molar-refractivity contribution in [3.8, 4) is 17.0 Å². The smallest absolute Gasteiger partial charge is 0.356 e. The number of fused-ring (bicyclic) bond motifs is 1. The highest BCUT2D eigenvalue weighted by atomic mass is 35.5. The van der Waals surface area contributed by atoms with Crippen LogP contribution in [-0.2, 0) is 13.5 Å². The van der Waals surface area contributed by atoms with Gasteiger partial charge in [0.05, 0.1) is 17.5 Å². The number of benzene rings is 1. The molecule has 0 aliphatic heterocycles. The van der Waals surface area contributed by atoms with Gasteiger partial charge < -0.3 is 14.4 Å². The molecule has 3 aromatic rings. The number of aromatic carboxylic acids is 1. The van der Waals surface area contributed by atoms with E-state index in [1.54, 1.807) is 19.2 Å². The van der Waals surface area contributed by atoms with E-state index >= 15 is 0 Å². The fourth-order valence-electron chi connectivity index (χ4n) is 2.89. The molecule has 1 N–H and O–H groups in total. The highest BCUT2D eigenvalue weighted by molar-refractivity contribution is 6.30. The summed E-state index contributed by atoms with van der Waals surface area (Å²) in [5.74, 6) is -0.829. The molecule has 0 saturated heterocycles. The van der Waals surface area contributed by atoms with Crippen LogP contribution in [0, 0.1) is 0 Å². The zero-order valence-electron chi connectivity index (χ0n) is 15.1. The molecule has 0 amide bonds. The third-order valence-corrected chi connectivity index (χ3v) is 4.29. The molecular formula is C19H20ClN3O3. The summed E-state index contributed by atoms with van der Waals surface area (Å²) in [6.07, 6.45) is 0.472. The standard InChI is InChI=1S/C19H20ClN3O3/c1-5-13-14(11-6-8-12(20)9-7-11)22-15-17(26-10(2)3)16(19(24)25)23(4)18(15)21-13/h6-10H,5H2,1-4H3,(H,24,25). The average molecular weight is 374 g/mol. The topological polar surface area (TPSA) is 77.2 Å². The largest absolute Gasteiger partial charge is 0.486 e. The van der Waals surface area contributed by atoms with Gasteiger partial charge in [-0.3, -0.25) is 0 Å². The fourth-order valence-corrected chi connectivity index (χ4v) is 3.02. The quantitative estimate of drug-likeness (QED) is 0.720. The Morgan fingerprint density at radius 3 is 2.46 bits per heavy atom. The lowest BCUT2D eigenvalue weighted by Gasteiger charge is -2.10. The average Bonchev–Trinajstić information content (AvgIpc) is 2.85. The van der Waals surface area contributed by atoms with Crippen LogP contribution in [0.15, 0.2) is 24.3 Å². The number of aryl methyl sites for hydroxylation is 2. The summed E-state index contributed by atoms with van der Waals surface area (Å²) in [5, 5.41) is 10.3. The molecule has 26 heavy (non-hydrogen) atoms. The third kappa shape index (κ3) is 3.12. The van der Waals surface area contributed by atoms with E-state index < -0.39 is 5.97 Å². The Morgan fingerprint density at radius 1 is 1.27 bits per heavy atom. The minimum absolute atomic E-state index is 0.0454. The van der Waals surface area contributed by atoms with Crippen LogP contribution in [0.4, 0.5) is 0 Å². The zero-order valence-corrected chi connectivity index (χ0v) is 15.8. The first-order chi connectivity index (χ1) is 12.3. The van der Waals surface area contributed by atoms with Crippen molar-refractivity contribution in [1.82, 2.24) is 14.5 Å². The van der Waals surface area contributed by atoms with Crippen molar-refractivity contribution in [2.45, 2.75) is 33.3 Å². The summed E-state index contributed by atoms with van der Waals surface area (Å²) in [7, 11) is 1.66. The fraction of sp³-hybridized carbons (Fsp3) is 0.316. The second-order valence-electron chi connectivity index (χ2n) is 6.26. The number of carboxylic acids is 1. The van der Waals surface area contributed by atoms with Crippen molar-refractivity contribution in [3.63, 3.8) is 0 Å². The van der Waals surface area contributed by atoms with Gasteiger partial charge in [0.1, 0.15) is 0 Å². The number of rotatable bonds is 5. The lowest BCUT2D eigenvalue weighted by atomic mass is 10.1. The molecule has 0 aliphatic rings. The molecule has 0 aliphatic carbocycles. The van der Waals surface area contributed by atoms with E-state index in [0.717, 1.165) is 11.3 Å². The Balaban J connectivity index is 2.34. The van der Waals surface area contributed by atoms with Crippen molar-refractivity contribution >= 4 is 28.7 Å². The molecule has 0 bridgehead atoms. The maximum absolute atomic E-state index is 11.8. The summed E-state index contributed by atoms with van der Waals surface area (Å²) < 4.78 is 7.32. The number of hydrogen-bond donors (Lipinski definition) is 1. The van der Waals surface area contributed by atoms with E-state index in [1.165, 1.54) is 4.57 Å². The van der Waals surface area contributed by atoms with Crippen LogP contribution < -0.4 is 4.74 Å². The molecular weight excluding hydrogens is 354 g/mol. The number of nitrogens with zero attached hydrogens (tertiary/aromatic N) is 3. The number of ether oxygens (including phenoxy) is 1. The van der Waals surface area contributed by atoms with Crippen molar-refractivity contribution in [2.75, 3.05) is 0 Å². The first kappa shape index (κ1) is 18.2. The Morgan fingerprint density at radius 2 is 1.92 bits per heavy atom. The molecule has 6 nitrogen and oxygen atoms in total. The summed E-state index contributed by atoms with van der Waals surface area (Å²) in [6, 6.07) is 7.34. The molecule has 2 aromatic heterocycles. The van der Waals surface area contributed by atoms with Gasteiger partial charge in [-0.1, -0.05) is 30.7 Å². The minimum atomic E-state index is -1.07. The number of halogens is 1. The molecule has 0 spiro atoms. The summed E-state index contributed by atoms with van der Waals surface area (Å²) in [5.41, 5.74) is 3.34. The van der Waals surface area contributed by atoms with Crippen molar-refractivity contribution in [1.29, 1.82) is 0 Å². The van der Waals surface area contributed by atoms with Crippen molar-refractivity contribution in [2.24, 2.45) is 7.05 Å². The van der Waals surface area contributed by atoms with Crippen molar-refractivity contribution in [3.05, 3.63) is 40.7 Å². The molecule has 7 heteroatoms. The maximum Gasteiger partial charge on any atom is 0.356 e. The Labute approximate surface area is 156 Å². The van der Waals surface area contributed by atoms with Crippen LogP contribution in [0.5, 0.6) is 5.75 Å². The van der Waals surface area contributed by atoms with E-state index in [1.807, 2.05) is 32.9 Å². The Kier molecular flexibility index (Phi) is 4.87. The predicted molar refractivity (Wildman–Crippen MR) is 101 cm³/mol. The van der Waals surface area contributed by atoms with Gasteiger partial charge in [0.15, 0.2) is 22.6 Å². The van der Waals surface area contributed by atoms with E-state index in [-0.39, 0.29) is 17.5 Å². The van der Waals surface area contributed by atoms with Crippen LogP contribution in [0.2, 0.25) is 5.02 Å². The molecule has 0 fully saturated rings. The van der Waals surface area contributed by atoms with Crippen LogP contribution in [-0.4, -0.2) is 31.7 Å². The first-order valence-corrected chi connectivity index (χ1v) is 8.76. The molecule has 0 unspecified atom stereocenters. The number of carboxylic acid groups (broad SMARTS) is 1. The Bertz CT molecular complexity index is 978. The van der Waals surface area contributed by atoms with Gasteiger partial charge in [0, 0.05) is 17.6 Å². The highest BCUT2D eigenvalue weighted by Gasteiger charge is 2.26. The summed E-state index contributed by atoms with van der Waals surface area (Å²) in [4.78, 5) is 21.2. The van der Waals surface area contributed by atoms with E-state index in [4.69, 9.17) is 21.3 Å². The third-order valence-electron chi connectivity index (χ3n) is 4.04. The highest BCUT2D eigenvalue weighted by Crippen LogP contribution is 2.34. The molecule has 0 atom stereocenters.